The second-order valence-corrected chi connectivity index (χ2v) is 6.74. The van der Waals surface area contributed by atoms with Crippen LogP contribution in [0.25, 0.3) is 0 Å². The molecule has 22 heavy (non-hydrogen) atoms. The van der Waals surface area contributed by atoms with Crippen molar-refractivity contribution >= 4 is 43.7 Å². The molecule has 122 valence electrons. The number of benzene rings is 1. The molecule has 0 unspecified atom stereocenters. The highest BCUT2D eigenvalue weighted by atomic mass is 79.9. The van der Waals surface area contributed by atoms with Gasteiger partial charge < -0.3 is 10.6 Å². The zero-order valence-electron chi connectivity index (χ0n) is 13.0. The third kappa shape index (κ3) is 5.72. The van der Waals surface area contributed by atoms with Crippen molar-refractivity contribution < 1.29 is 9.59 Å². The number of rotatable bonds is 8. The zero-order valence-corrected chi connectivity index (χ0v) is 16.1. The average molecular weight is 434 g/mol. The monoisotopic (exact) mass is 432 g/mol. The van der Waals surface area contributed by atoms with Gasteiger partial charge in [0.1, 0.15) is 0 Å². The number of unbranched alkanes of at least 4 members (excludes halogenated alkanes) is 2. The van der Waals surface area contributed by atoms with Gasteiger partial charge in [0.15, 0.2) is 0 Å². The number of halogens is 2. The SMILES string of the molecule is CCCCNC(=O)c1cc(Br)c(C(=O)NCCCC)cc1Br. The van der Waals surface area contributed by atoms with Crippen LogP contribution >= 0.6 is 31.9 Å². The summed E-state index contributed by atoms with van der Waals surface area (Å²) in [6.07, 6.45) is 3.95. The van der Waals surface area contributed by atoms with Crippen LogP contribution < -0.4 is 10.6 Å². The molecule has 0 spiro atoms. The predicted octanol–water partition coefficient (Wildman–Crippen LogP) is 4.27. The molecule has 0 saturated heterocycles. The van der Waals surface area contributed by atoms with Crippen molar-refractivity contribution in [2.45, 2.75) is 39.5 Å². The first-order valence-electron chi connectivity index (χ1n) is 7.56. The molecule has 2 amide bonds. The van der Waals surface area contributed by atoms with Crippen molar-refractivity contribution in [3.8, 4) is 0 Å². The van der Waals surface area contributed by atoms with Gasteiger partial charge in [0.2, 0.25) is 0 Å². The Balaban J connectivity index is 2.82. The van der Waals surface area contributed by atoms with Gasteiger partial charge in [0, 0.05) is 22.0 Å². The Bertz CT molecular complexity index is 485. The first-order chi connectivity index (χ1) is 10.5. The smallest absolute Gasteiger partial charge is 0.252 e. The molecular weight excluding hydrogens is 412 g/mol. The highest BCUT2D eigenvalue weighted by Gasteiger charge is 2.16. The molecule has 1 aromatic rings. The summed E-state index contributed by atoms with van der Waals surface area (Å²) in [6, 6.07) is 3.36. The minimum absolute atomic E-state index is 0.140. The average Bonchev–Trinajstić information content (AvgIpc) is 2.49. The Hall–Kier alpha value is -0.880. The third-order valence-corrected chi connectivity index (χ3v) is 4.49. The minimum atomic E-state index is -0.140. The Kier molecular flexibility index (Phi) is 8.71. The molecule has 0 saturated carbocycles. The van der Waals surface area contributed by atoms with Gasteiger partial charge in [-0.15, -0.1) is 0 Å². The van der Waals surface area contributed by atoms with Crippen LogP contribution in [0, 0.1) is 0 Å². The number of hydrogen-bond donors (Lipinski definition) is 2. The van der Waals surface area contributed by atoms with Crippen molar-refractivity contribution in [3.05, 3.63) is 32.2 Å². The number of hydrogen-bond acceptors (Lipinski definition) is 2. The topological polar surface area (TPSA) is 58.2 Å². The second kappa shape index (κ2) is 10.0. The van der Waals surface area contributed by atoms with Crippen LogP contribution in [0.2, 0.25) is 0 Å². The van der Waals surface area contributed by atoms with Gasteiger partial charge in [0.25, 0.3) is 11.8 Å². The molecule has 2 N–H and O–H groups in total. The first-order valence-corrected chi connectivity index (χ1v) is 9.15. The molecule has 0 atom stereocenters. The van der Waals surface area contributed by atoms with E-state index in [1.807, 2.05) is 0 Å². The van der Waals surface area contributed by atoms with Crippen molar-refractivity contribution in [3.63, 3.8) is 0 Å². The molecule has 6 heteroatoms. The highest BCUT2D eigenvalue weighted by molar-refractivity contribution is 9.11. The fraction of sp³-hybridized carbons (Fsp3) is 0.500. The lowest BCUT2D eigenvalue weighted by atomic mass is 10.1. The Morgan fingerprint density at radius 2 is 1.23 bits per heavy atom. The van der Waals surface area contributed by atoms with Crippen LogP contribution in [-0.2, 0) is 0 Å². The van der Waals surface area contributed by atoms with E-state index in [2.05, 4.69) is 56.3 Å². The lowest BCUT2D eigenvalue weighted by molar-refractivity contribution is 0.0940. The molecule has 0 radical (unpaired) electrons. The van der Waals surface area contributed by atoms with Gasteiger partial charge in [0.05, 0.1) is 11.1 Å². The van der Waals surface area contributed by atoms with Crippen LogP contribution in [0.3, 0.4) is 0 Å². The first kappa shape index (κ1) is 19.2. The van der Waals surface area contributed by atoms with E-state index in [0.29, 0.717) is 33.2 Å². The summed E-state index contributed by atoms with van der Waals surface area (Å²) < 4.78 is 1.23. The van der Waals surface area contributed by atoms with E-state index in [1.54, 1.807) is 12.1 Å². The van der Waals surface area contributed by atoms with Gasteiger partial charge in [-0.1, -0.05) is 26.7 Å². The van der Waals surface area contributed by atoms with E-state index in [0.717, 1.165) is 25.7 Å². The molecular formula is C16H22Br2N2O2. The number of carbonyl (C=O) groups excluding carboxylic acids is 2. The molecule has 0 aromatic heterocycles. The Labute approximate surface area is 148 Å². The molecule has 0 aliphatic heterocycles. The second-order valence-electron chi connectivity index (χ2n) is 5.03. The maximum Gasteiger partial charge on any atom is 0.252 e. The fourth-order valence-corrected chi connectivity index (χ4v) is 2.89. The molecule has 1 rings (SSSR count). The lowest BCUT2D eigenvalue weighted by Crippen LogP contribution is -2.26. The van der Waals surface area contributed by atoms with Crippen LogP contribution in [0.4, 0.5) is 0 Å². The maximum absolute atomic E-state index is 12.1. The van der Waals surface area contributed by atoms with Crippen LogP contribution in [0.5, 0.6) is 0 Å². The predicted molar refractivity (Wildman–Crippen MR) is 96.3 cm³/mol. The normalized spacial score (nSPS) is 10.4. The van der Waals surface area contributed by atoms with Crippen LogP contribution in [0.1, 0.15) is 60.2 Å². The summed E-state index contributed by atoms with van der Waals surface area (Å²) >= 11 is 6.76. The van der Waals surface area contributed by atoms with Crippen molar-refractivity contribution in [1.29, 1.82) is 0 Å². The van der Waals surface area contributed by atoms with Gasteiger partial charge in [-0.25, -0.2) is 0 Å². The quantitative estimate of drug-likeness (QED) is 0.601. The standard InChI is InChI=1S/C16H22Br2N2O2/c1-3-5-7-19-15(21)11-9-14(18)12(10-13(11)17)16(22)20-8-6-4-2/h9-10H,3-8H2,1-2H3,(H,19,21)(H,20,22). The summed E-state index contributed by atoms with van der Waals surface area (Å²) in [7, 11) is 0. The van der Waals surface area contributed by atoms with Gasteiger partial charge in [-0.3, -0.25) is 9.59 Å². The largest absolute Gasteiger partial charge is 0.352 e. The molecule has 0 heterocycles. The zero-order chi connectivity index (χ0) is 16.5. The van der Waals surface area contributed by atoms with Gasteiger partial charge in [-0.05, 0) is 56.8 Å². The molecule has 0 aliphatic carbocycles. The molecule has 0 aliphatic rings. The number of amides is 2. The summed E-state index contributed by atoms with van der Waals surface area (Å²) in [4.78, 5) is 24.2. The van der Waals surface area contributed by atoms with Gasteiger partial charge in [-0.2, -0.15) is 0 Å². The van der Waals surface area contributed by atoms with Crippen LogP contribution in [0.15, 0.2) is 21.1 Å². The summed E-state index contributed by atoms with van der Waals surface area (Å²) in [6.45, 7) is 5.45. The molecule has 1 aromatic carbocycles. The van der Waals surface area contributed by atoms with Crippen molar-refractivity contribution in [1.82, 2.24) is 10.6 Å². The van der Waals surface area contributed by atoms with E-state index >= 15 is 0 Å². The Morgan fingerprint density at radius 3 is 1.55 bits per heavy atom. The summed E-state index contributed by atoms with van der Waals surface area (Å²) in [5.74, 6) is -0.280. The minimum Gasteiger partial charge on any atom is -0.352 e. The van der Waals surface area contributed by atoms with Crippen molar-refractivity contribution in [2.75, 3.05) is 13.1 Å². The van der Waals surface area contributed by atoms with E-state index in [9.17, 15) is 9.59 Å². The Morgan fingerprint density at radius 1 is 0.864 bits per heavy atom. The van der Waals surface area contributed by atoms with E-state index in [1.165, 1.54) is 0 Å². The fourth-order valence-electron chi connectivity index (χ4n) is 1.84. The third-order valence-electron chi connectivity index (χ3n) is 3.18. The van der Waals surface area contributed by atoms with Crippen molar-refractivity contribution in [2.24, 2.45) is 0 Å². The summed E-state index contributed by atoms with van der Waals surface area (Å²) in [5, 5.41) is 5.74. The molecule has 0 bridgehead atoms. The number of nitrogens with one attached hydrogen (secondary N) is 2. The number of carbonyl (C=O) groups is 2. The van der Waals surface area contributed by atoms with Crippen LogP contribution in [-0.4, -0.2) is 24.9 Å². The molecule has 0 fully saturated rings. The summed E-state index contributed by atoms with van der Waals surface area (Å²) in [5.41, 5.74) is 1.04. The van der Waals surface area contributed by atoms with E-state index in [4.69, 9.17) is 0 Å². The van der Waals surface area contributed by atoms with E-state index in [-0.39, 0.29) is 11.8 Å². The van der Waals surface area contributed by atoms with E-state index < -0.39 is 0 Å². The maximum atomic E-state index is 12.1. The molecule has 4 nitrogen and oxygen atoms in total. The highest BCUT2D eigenvalue weighted by Crippen LogP contribution is 2.26. The van der Waals surface area contributed by atoms with Gasteiger partial charge >= 0.3 is 0 Å². The lowest BCUT2D eigenvalue weighted by Gasteiger charge is -2.11.